The Hall–Kier alpha value is -1.81. The average molecular weight is 262 g/mol. The second-order valence-electron chi connectivity index (χ2n) is 4.61. The van der Waals surface area contributed by atoms with Crippen molar-refractivity contribution in [3.8, 4) is 5.75 Å². The minimum absolute atomic E-state index is 0.570. The van der Waals surface area contributed by atoms with Crippen molar-refractivity contribution in [1.82, 2.24) is 0 Å². The van der Waals surface area contributed by atoms with Crippen LogP contribution in [0, 0.1) is 5.92 Å². The minimum atomic E-state index is -0.945. The zero-order valence-corrected chi connectivity index (χ0v) is 10.7. The van der Waals surface area contributed by atoms with Crippen LogP contribution < -0.4 is 4.74 Å². The van der Waals surface area contributed by atoms with Crippen LogP contribution in [0.1, 0.15) is 18.4 Å². The van der Waals surface area contributed by atoms with Crippen molar-refractivity contribution in [2.75, 3.05) is 19.8 Å². The number of ether oxygens (including phenoxy) is 2. The van der Waals surface area contributed by atoms with Gasteiger partial charge in [0.1, 0.15) is 5.75 Å². The first-order valence-electron chi connectivity index (χ1n) is 6.45. The lowest BCUT2D eigenvalue weighted by Gasteiger charge is -2.22. The van der Waals surface area contributed by atoms with E-state index in [9.17, 15) is 4.79 Å². The van der Waals surface area contributed by atoms with E-state index in [1.807, 2.05) is 24.3 Å². The summed E-state index contributed by atoms with van der Waals surface area (Å²) in [5.74, 6) is 0.444. The van der Waals surface area contributed by atoms with Crippen molar-refractivity contribution in [1.29, 1.82) is 0 Å². The third-order valence-electron chi connectivity index (χ3n) is 3.13. The summed E-state index contributed by atoms with van der Waals surface area (Å²) in [6, 6.07) is 7.42. The summed E-state index contributed by atoms with van der Waals surface area (Å²) in [6.07, 6.45) is 4.79. The quantitative estimate of drug-likeness (QED) is 0.829. The Bertz CT molecular complexity index is 430. The molecule has 0 radical (unpaired) electrons. The highest BCUT2D eigenvalue weighted by Gasteiger charge is 2.14. The SMILES string of the molecule is O=C(O)/C=C/c1ccc(OCC2CCOCC2)cc1. The standard InChI is InChI=1S/C15H18O4/c16-15(17)6-3-12-1-4-14(5-2-12)19-11-13-7-9-18-10-8-13/h1-6,13H,7-11H2,(H,16,17)/b6-3+. The van der Waals surface area contributed by atoms with Gasteiger partial charge in [-0.15, -0.1) is 0 Å². The van der Waals surface area contributed by atoms with E-state index < -0.39 is 5.97 Å². The molecule has 102 valence electrons. The second kappa shape index (κ2) is 6.95. The third-order valence-corrected chi connectivity index (χ3v) is 3.13. The van der Waals surface area contributed by atoms with Gasteiger partial charge >= 0.3 is 5.97 Å². The molecule has 1 aliphatic heterocycles. The van der Waals surface area contributed by atoms with Crippen molar-refractivity contribution in [3.05, 3.63) is 35.9 Å². The number of hydrogen-bond acceptors (Lipinski definition) is 3. The molecule has 0 saturated carbocycles. The number of hydrogen-bond donors (Lipinski definition) is 1. The lowest BCUT2D eigenvalue weighted by atomic mass is 10.0. The zero-order chi connectivity index (χ0) is 13.5. The van der Waals surface area contributed by atoms with Crippen LogP contribution in [-0.4, -0.2) is 30.9 Å². The van der Waals surface area contributed by atoms with Crippen LogP contribution in [0.15, 0.2) is 30.3 Å². The molecule has 1 aromatic carbocycles. The van der Waals surface area contributed by atoms with Crippen LogP contribution in [0.25, 0.3) is 6.08 Å². The van der Waals surface area contributed by atoms with Gasteiger partial charge in [-0.05, 0) is 42.5 Å². The van der Waals surface area contributed by atoms with Gasteiger partial charge in [-0.25, -0.2) is 4.79 Å². The molecule has 0 unspecified atom stereocenters. The monoisotopic (exact) mass is 262 g/mol. The minimum Gasteiger partial charge on any atom is -0.493 e. The topological polar surface area (TPSA) is 55.8 Å². The molecule has 4 nitrogen and oxygen atoms in total. The van der Waals surface area contributed by atoms with Crippen LogP contribution in [0.4, 0.5) is 0 Å². The molecule has 1 fully saturated rings. The van der Waals surface area contributed by atoms with Crippen LogP contribution in [-0.2, 0) is 9.53 Å². The number of aliphatic carboxylic acids is 1. The number of carboxylic acids is 1. The molecule has 0 atom stereocenters. The van der Waals surface area contributed by atoms with E-state index in [0.29, 0.717) is 12.5 Å². The number of carbonyl (C=O) groups is 1. The predicted molar refractivity (Wildman–Crippen MR) is 72.1 cm³/mol. The first kappa shape index (κ1) is 13.6. The van der Waals surface area contributed by atoms with Crippen molar-refractivity contribution in [2.45, 2.75) is 12.8 Å². The Morgan fingerprint density at radius 3 is 2.63 bits per heavy atom. The van der Waals surface area contributed by atoms with Gasteiger partial charge in [0, 0.05) is 19.3 Å². The Kier molecular flexibility index (Phi) is 4.98. The molecule has 0 aromatic heterocycles. The van der Waals surface area contributed by atoms with Gasteiger partial charge in [0.15, 0.2) is 0 Å². The van der Waals surface area contributed by atoms with Crippen molar-refractivity contribution in [2.24, 2.45) is 5.92 Å². The molecule has 1 heterocycles. The molecule has 1 N–H and O–H groups in total. The van der Waals surface area contributed by atoms with E-state index in [4.69, 9.17) is 14.6 Å². The molecule has 19 heavy (non-hydrogen) atoms. The fourth-order valence-corrected chi connectivity index (χ4v) is 1.97. The molecule has 2 rings (SSSR count). The lowest BCUT2D eigenvalue weighted by molar-refractivity contribution is -0.131. The first-order valence-corrected chi connectivity index (χ1v) is 6.45. The summed E-state index contributed by atoms with van der Waals surface area (Å²) >= 11 is 0. The Labute approximate surface area is 112 Å². The molecule has 1 aliphatic rings. The van der Waals surface area contributed by atoms with Crippen LogP contribution in [0.2, 0.25) is 0 Å². The molecule has 0 aliphatic carbocycles. The maximum absolute atomic E-state index is 10.4. The fourth-order valence-electron chi connectivity index (χ4n) is 1.97. The van der Waals surface area contributed by atoms with Gasteiger partial charge in [0.25, 0.3) is 0 Å². The van der Waals surface area contributed by atoms with Gasteiger partial charge in [0.2, 0.25) is 0 Å². The normalized spacial score (nSPS) is 16.6. The molecule has 0 amide bonds. The van der Waals surface area contributed by atoms with Crippen LogP contribution >= 0.6 is 0 Å². The molecule has 0 spiro atoms. The van der Waals surface area contributed by atoms with Gasteiger partial charge < -0.3 is 14.6 Å². The van der Waals surface area contributed by atoms with E-state index in [-0.39, 0.29) is 0 Å². The highest BCUT2D eigenvalue weighted by atomic mass is 16.5. The van der Waals surface area contributed by atoms with Crippen molar-refractivity contribution >= 4 is 12.0 Å². The van der Waals surface area contributed by atoms with E-state index in [0.717, 1.165) is 43.4 Å². The summed E-state index contributed by atoms with van der Waals surface area (Å²) in [6.45, 7) is 2.37. The summed E-state index contributed by atoms with van der Waals surface area (Å²) in [4.78, 5) is 10.4. The third kappa shape index (κ3) is 4.75. The number of rotatable bonds is 5. The van der Waals surface area contributed by atoms with Gasteiger partial charge in [-0.2, -0.15) is 0 Å². The van der Waals surface area contributed by atoms with Crippen molar-refractivity contribution in [3.63, 3.8) is 0 Å². The first-order chi connectivity index (χ1) is 9.24. The summed E-state index contributed by atoms with van der Waals surface area (Å²) < 4.78 is 11.0. The summed E-state index contributed by atoms with van der Waals surface area (Å²) in [5.41, 5.74) is 0.848. The van der Waals surface area contributed by atoms with Crippen LogP contribution in [0.3, 0.4) is 0 Å². The van der Waals surface area contributed by atoms with Gasteiger partial charge in [0.05, 0.1) is 6.61 Å². The van der Waals surface area contributed by atoms with E-state index in [2.05, 4.69) is 0 Å². The van der Waals surface area contributed by atoms with E-state index >= 15 is 0 Å². The Morgan fingerprint density at radius 1 is 1.32 bits per heavy atom. The van der Waals surface area contributed by atoms with Crippen molar-refractivity contribution < 1.29 is 19.4 Å². The fraction of sp³-hybridized carbons (Fsp3) is 0.400. The Balaban J connectivity index is 1.82. The molecule has 1 aromatic rings. The maximum atomic E-state index is 10.4. The largest absolute Gasteiger partial charge is 0.493 e. The smallest absolute Gasteiger partial charge is 0.328 e. The molecule has 0 bridgehead atoms. The average Bonchev–Trinajstić information content (AvgIpc) is 2.45. The number of carboxylic acid groups (broad SMARTS) is 1. The predicted octanol–water partition coefficient (Wildman–Crippen LogP) is 2.59. The molecule has 1 saturated heterocycles. The molecular weight excluding hydrogens is 244 g/mol. The molecular formula is C15H18O4. The van der Waals surface area contributed by atoms with Gasteiger partial charge in [-0.1, -0.05) is 12.1 Å². The van der Waals surface area contributed by atoms with E-state index in [1.165, 1.54) is 0 Å². The maximum Gasteiger partial charge on any atom is 0.328 e. The van der Waals surface area contributed by atoms with Crippen LogP contribution in [0.5, 0.6) is 5.75 Å². The summed E-state index contributed by atoms with van der Waals surface area (Å²) in [7, 11) is 0. The lowest BCUT2D eigenvalue weighted by Crippen LogP contribution is -2.21. The number of benzene rings is 1. The highest BCUT2D eigenvalue weighted by molar-refractivity contribution is 5.85. The summed E-state index contributed by atoms with van der Waals surface area (Å²) in [5, 5.41) is 8.54. The van der Waals surface area contributed by atoms with Gasteiger partial charge in [-0.3, -0.25) is 0 Å². The zero-order valence-electron chi connectivity index (χ0n) is 10.7. The Morgan fingerprint density at radius 2 is 2.00 bits per heavy atom. The second-order valence-corrected chi connectivity index (χ2v) is 4.61. The van der Waals surface area contributed by atoms with E-state index in [1.54, 1.807) is 6.08 Å². The highest BCUT2D eigenvalue weighted by Crippen LogP contribution is 2.18. The molecule has 4 heteroatoms.